The van der Waals surface area contributed by atoms with Gasteiger partial charge in [0.2, 0.25) is 0 Å². The van der Waals surface area contributed by atoms with Gasteiger partial charge in [0.15, 0.2) is 0 Å². The fourth-order valence-corrected chi connectivity index (χ4v) is 6.68. The first-order valence-electron chi connectivity index (χ1n) is 10.1. The lowest BCUT2D eigenvalue weighted by Crippen LogP contribution is -2.56. The molecule has 146 valence electrons. The Hall–Kier alpha value is -1.39. The summed E-state index contributed by atoms with van der Waals surface area (Å²) in [4.78, 5) is 34.6. The Morgan fingerprint density at radius 2 is 1.88 bits per heavy atom. The highest BCUT2D eigenvalue weighted by Crippen LogP contribution is 2.63. The minimum absolute atomic E-state index is 0.0285. The molecular weight excluding hydrogens is 332 g/mol. The maximum absolute atomic E-state index is 12.0. The summed E-state index contributed by atoms with van der Waals surface area (Å²) < 4.78 is 5.48. The zero-order valence-electron chi connectivity index (χ0n) is 16.2. The molecule has 7 atom stereocenters. The minimum Gasteiger partial charge on any atom is -0.481 e. The lowest BCUT2D eigenvalue weighted by molar-refractivity contribution is -0.172. The number of carboxylic acid groups (broad SMARTS) is 1. The van der Waals surface area contributed by atoms with Gasteiger partial charge in [-0.1, -0.05) is 6.92 Å². The van der Waals surface area contributed by atoms with Crippen molar-refractivity contribution in [3.63, 3.8) is 0 Å². The Morgan fingerprint density at radius 3 is 2.50 bits per heavy atom. The van der Waals surface area contributed by atoms with Crippen LogP contribution in [0.2, 0.25) is 0 Å². The molecule has 26 heavy (non-hydrogen) atoms. The molecule has 6 unspecified atom stereocenters. The highest BCUT2D eigenvalue weighted by molar-refractivity contribution is 5.75. The molecule has 3 aliphatic carbocycles. The van der Waals surface area contributed by atoms with E-state index in [1.54, 1.807) is 0 Å². The highest BCUT2D eigenvalue weighted by atomic mass is 16.5. The number of hydrogen-bond donors (Lipinski definition) is 1. The molecule has 0 amide bonds. The molecule has 0 aromatic carbocycles. The number of ether oxygens (including phenoxy) is 1. The van der Waals surface area contributed by atoms with E-state index in [1.807, 2.05) is 6.92 Å². The number of carbonyl (C=O) groups is 3. The molecular formula is C21H32O5. The third-order valence-electron chi connectivity index (χ3n) is 8.18. The summed E-state index contributed by atoms with van der Waals surface area (Å²) in [5.41, 5.74) is -0.624. The van der Waals surface area contributed by atoms with Crippen LogP contribution in [0, 0.1) is 34.5 Å². The molecule has 5 heteroatoms. The van der Waals surface area contributed by atoms with Gasteiger partial charge in [0.05, 0.1) is 5.41 Å². The maximum atomic E-state index is 12.0. The number of hydrogen-bond acceptors (Lipinski definition) is 4. The molecule has 0 radical (unpaired) electrons. The summed E-state index contributed by atoms with van der Waals surface area (Å²) in [5, 5.41) is 9.84. The van der Waals surface area contributed by atoms with Gasteiger partial charge in [-0.2, -0.15) is 0 Å². The van der Waals surface area contributed by atoms with E-state index in [2.05, 4.69) is 6.92 Å². The van der Waals surface area contributed by atoms with Gasteiger partial charge in [-0.05, 0) is 81.0 Å². The van der Waals surface area contributed by atoms with Crippen molar-refractivity contribution in [2.75, 3.05) is 0 Å². The number of carboxylic acids is 1. The molecule has 0 aromatic heterocycles. The van der Waals surface area contributed by atoms with Crippen molar-refractivity contribution in [2.45, 2.75) is 78.2 Å². The first-order valence-corrected chi connectivity index (χ1v) is 10.1. The zero-order chi connectivity index (χ0) is 19.1. The van der Waals surface area contributed by atoms with Gasteiger partial charge in [-0.15, -0.1) is 0 Å². The summed E-state index contributed by atoms with van der Waals surface area (Å²) >= 11 is 0. The molecule has 0 bridgehead atoms. The van der Waals surface area contributed by atoms with Gasteiger partial charge in [-0.3, -0.25) is 9.59 Å². The molecule has 0 heterocycles. The Bertz CT molecular complexity index is 587. The second-order valence-corrected chi connectivity index (χ2v) is 9.33. The molecule has 5 nitrogen and oxygen atoms in total. The molecule has 0 saturated heterocycles. The van der Waals surface area contributed by atoms with Gasteiger partial charge in [0.1, 0.15) is 12.4 Å². The van der Waals surface area contributed by atoms with Crippen LogP contribution >= 0.6 is 0 Å². The van der Waals surface area contributed by atoms with Crippen molar-refractivity contribution in [2.24, 2.45) is 34.5 Å². The lowest BCUT2D eigenvalue weighted by Gasteiger charge is -2.60. The molecule has 1 N–H and O–H groups in total. The standard InChI is InChI=1S/C21H32O5/c1-13(23)26-15-6-9-20(2)14(12-15)4-5-16-17(20)7-10-21(3,19(24)25)18(16)8-11-22/h11,14-18H,4-10,12H2,1-3H3,(H,24,25)/t14?,15?,16?,17?,18-,20?,21?/m0/s1. The topological polar surface area (TPSA) is 80.7 Å². The van der Waals surface area contributed by atoms with Crippen LogP contribution in [0.4, 0.5) is 0 Å². The predicted molar refractivity (Wildman–Crippen MR) is 96.4 cm³/mol. The van der Waals surface area contributed by atoms with Crippen molar-refractivity contribution in [3.8, 4) is 0 Å². The second kappa shape index (κ2) is 6.97. The van der Waals surface area contributed by atoms with Gasteiger partial charge < -0.3 is 14.6 Å². The van der Waals surface area contributed by atoms with Crippen molar-refractivity contribution < 1.29 is 24.2 Å². The van der Waals surface area contributed by atoms with Crippen LogP contribution in [-0.4, -0.2) is 29.4 Å². The van der Waals surface area contributed by atoms with Crippen LogP contribution < -0.4 is 0 Å². The van der Waals surface area contributed by atoms with Crippen LogP contribution in [0.3, 0.4) is 0 Å². The van der Waals surface area contributed by atoms with E-state index in [1.165, 1.54) is 6.92 Å². The summed E-state index contributed by atoms with van der Waals surface area (Å²) in [5.74, 6) is 0.272. The van der Waals surface area contributed by atoms with Gasteiger partial charge in [-0.25, -0.2) is 0 Å². The third-order valence-corrected chi connectivity index (χ3v) is 8.18. The molecule has 0 spiro atoms. The molecule has 0 aromatic rings. The number of fused-ring (bicyclic) bond motifs is 3. The Labute approximate surface area is 155 Å². The minimum atomic E-state index is -0.791. The van der Waals surface area contributed by atoms with E-state index in [9.17, 15) is 19.5 Å². The summed E-state index contributed by atoms with van der Waals surface area (Å²) in [6, 6.07) is 0. The van der Waals surface area contributed by atoms with Crippen molar-refractivity contribution in [1.82, 2.24) is 0 Å². The van der Waals surface area contributed by atoms with Gasteiger partial charge in [0.25, 0.3) is 0 Å². The quantitative estimate of drug-likeness (QED) is 0.605. The second-order valence-electron chi connectivity index (χ2n) is 9.33. The van der Waals surface area contributed by atoms with Crippen LogP contribution in [0.1, 0.15) is 72.1 Å². The highest BCUT2D eigenvalue weighted by Gasteiger charge is 2.58. The molecule has 3 aliphatic rings. The SMILES string of the molecule is CC(=O)OC1CCC2(C)C(CCC3C2CCC(C)(C(=O)O)[C@H]3CC=O)C1. The predicted octanol–water partition coefficient (Wildman–Crippen LogP) is 3.84. The fraction of sp³-hybridized carbons (Fsp3) is 0.857. The van der Waals surface area contributed by atoms with E-state index < -0.39 is 11.4 Å². The van der Waals surface area contributed by atoms with Crippen molar-refractivity contribution in [3.05, 3.63) is 0 Å². The summed E-state index contributed by atoms with van der Waals surface area (Å²) in [6.07, 6.45) is 7.74. The van der Waals surface area contributed by atoms with E-state index in [0.717, 1.165) is 44.8 Å². The fourth-order valence-electron chi connectivity index (χ4n) is 6.68. The van der Waals surface area contributed by atoms with Crippen molar-refractivity contribution >= 4 is 18.2 Å². The lowest BCUT2D eigenvalue weighted by atomic mass is 9.44. The Balaban J connectivity index is 1.83. The van der Waals surface area contributed by atoms with E-state index in [-0.39, 0.29) is 23.4 Å². The van der Waals surface area contributed by atoms with Crippen LogP contribution in [0.15, 0.2) is 0 Å². The number of rotatable bonds is 4. The number of esters is 1. The number of carbonyl (C=O) groups excluding carboxylic acids is 2. The number of aliphatic carboxylic acids is 1. The molecule has 3 fully saturated rings. The Kier molecular flexibility index (Phi) is 5.19. The summed E-state index contributed by atoms with van der Waals surface area (Å²) in [7, 11) is 0. The van der Waals surface area contributed by atoms with Gasteiger partial charge >= 0.3 is 11.9 Å². The first kappa shape index (κ1) is 19.4. The van der Waals surface area contributed by atoms with E-state index in [4.69, 9.17) is 4.74 Å². The molecule has 3 rings (SSSR count). The maximum Gasteiger partial charge on any atom is 0.309 e. The average Bonchev–Trinajstić information content (AvgIpc) is 2.57. The largest absolute Gasteiger partial charge is 0.481 e. The van der Waals surface area contributed by atoms with Crippen LogP contribution in [-0.2, 0) is 19.1 Å². The zero-order valence-corrected chi connectivity index (χ0v) is 16.2. The van der Waals surface area contributed by atoms with E-state index >= 15 is 0 Å². The average molecular weight is 364 g/mol. The van der Waals surface area contributed by atoms with Crippen LogP contribution in [0.5, 0.6) is 0 Å². The van der Waals surface area contributed by atoms with E-state index in [0.29, 0.717) is 30.6 Å². The van der Waals surface area contributed by atoms with Crippen molar-refractivity contribution in [1.29, 1.82) is 0 Å². The van der Waals surface area contributed by atoms with Gasteiger partial charge in [0, 0.05) is 13.3 Å². The smallest absolute Gasteiger partial charge is 0.309 e. The molecule has 3 saturated carbocycles. The third kappa shape index (κ3) is 3.07. The normalized spacial score (nSPS) is 45.1. The first-order chi connectivity index (χ1) is 12.2. The monoisotopic (exact) mass is 364 g/mol. The summed E-state index contributed by atoms with van der Waals surface area (Å²) in [6.45, 7) is 5.67. The molecule has 0 aliphatic heterocycles. The van der Waals surface area contributed by atoms with Crippen LogP contribution in [0.25, 0.3) is 0 Å². The number of aldehydes is 1. The Morgan fingerprint density at radius 1 is 1.15 bits per heavy atom.